The predicted molar refractivity (Wildman–Crippen MR) is 118 cm³/mol. The number of H-pyrrole nitrogens is 1. The first-order valence-corrected chi connectivity index (χ1v) is 12.0. The number of aromatic amines is 1. The van der Waals surface area contributed by atoms with Crippen LogP contribution in [0.25, 0.3) is 11.0 Å². The van der Waals surface area contributed by atoms with Gasteiger partial charge in [-0.1, -0.05) is 28.1 Å². The van der Waals surface area contributed by atoms with E-state index in [0.29, 0.717) is 31.8 Å². The standard InChI is InChI=1S/C21H23BrN4O3S/c1-25(14-20-23-18-6-2-3-7-19(18)24-20)21(27)15-5-4-12-26(13-15)30(28,29)17-10-8-16(22)9-11-17/h2-3,6-11,15H,4-5,12-14H2,1H3,(H,23,24). The minimum Gasteiger partial charge on any atom is -0.340 e. The summed E-state index contributed by atoms with van der Waals surface area (Å²) in [4.78, 5) is 22.6. The van der Waals surface area contributed by atoms with Gasteiger partial charge in [-0.05, 0) is 49.2 Å². The second-order valence-electron chi connectivity index (χ2n) is 7.55. The molecule has 1 aliphatic heterocycles. The smallest absolute Gasteiger partial charge is 0.243 e. The van der Waals surface area contributed by atoms with Crippen molar-refractivity contribution < 1.29 is 13.2 Å². The summed E-state index contributed by atoms with van der Waals surface area (Å²) in [6.45, 7) is 0.973. The zero-order chi connectivity index (χ0) is 21.3. The van der Waals surface area contributed by atoms with Crippen LogP contribution >= 0.6 is 15.9 Å². The number of fused-ring (bicyclic) bond motifs is 1. The highest BCUT2D eigenvalue weighted by Gasteiger charge is 2.34. The van der Waals surface area contributed by atoms with Gasteiger partial charge in [-0.3, -0.25) is 4.79 Å². The monoisotopic (exact) mass is 490 g/mol. The molecular weight excluding hydrogens is 468 g/mol. The van der Waals surface area contributed by atoms with Crippen molar-refractivity contribution in [2.24, 2.45) is 5.92 Å². The number of carbonyl (C=O) groups is 1. The lowest BCUT2D eigenvalue weighted by atomic mass is 9.98. The van der Waals surface area contributed by atoms with E-state index in [1.54, 1.807) is 36.2 Å². The van der Waals surface area contributed by atoms with Gasteiger partial charge < -0.3 is 9.88 Å². The number of nitrogens with one attached hydrogen (secondary N) is 1. The Morgan fingerprint density at radius 2 is 1.97 bits per heavy atom. The molecule has 1 aromatic heterocycles. The first-order chi connectivity index (χ1) is 14.3. The molecule has 1 amide bonds. The van der Waals surface area contributed by atoms with Crippen LogP contribution in [0, 0.1) is 5.92 Å². The SMILES string of the molecule is CN(Cc1nc2ccccc2[nH]1)C(=O)C1CCCN(S(=O)(=O)c2ccc(Br)cc2)C1. The maximum atomic E-state index is 13.0. The Morgan fingerprint density at radius 3 is 2.70 bits per heavy atom. The van der Waals surface area contributed by atoms with Crippen molar-refractivity contribution in [1.82, 2.24) is 19.2 Å². The Balaban J connectivity index is 1.45. The number of benzene rings is 2. The summed E-state index contributed by atoms with van der Waals surface area (Å²) >= 11 is 3.32. The molecule has 1 N–H and O–H groups in total. The predicted octanol–water partition coefficient (Wildman–Crippen LogP) is 3.38. The summed E-state index contributed by atoms with van der Waals surface area (Å²) in [5.74, 6) is 0.284. The molecule has 30 heavy (non-hydrogen) atoms. The molecule has 7 nitrogen and oxygen atoms in total. The lowest BCUT2D eigenvalue weighted by Gasteiger charge is -2.33. The van der Waals surface area contributed by atoms with Gasteiger partial charge >= 0.3 is 0 Å². The van der Waals surface area contributed by atoms with E-state index >= 15 is 0 Å². The molecule has 1 atom stereocenters. The zero-order valence-electron chi connectivity index (χ0n) is 16.6. The number of piperidine rings is 1. The number of hydrogen-bond acceptors (Lipinski definition) is 4. The van der Waals surface area contributed by atoms with Crippen molar-refractivity contribution in [3.8, 4) is 0 Å². The van der Waals surface area contributed by atoms with Crippen LogP contribution in [-0.4, -0.2) is 53.6 Å². The molecule has 2 heterocycles. The van der Waals surface area contributed by atoms with Crippen molar-refractivity contribution in [1.29, 1.82) is 0 Å². The molecule has 1 aliphatic rings. The van der Waals surface area contributed by atoms with Crippen molar-refractivity contribution in [2.75, 3.05) is 20.1 Å². The second kappa shape index (κ2) is 8.49. The Labute approximate surface area is 184 Å². The van der Waals surface area contributed by atoms with E-state index in [2.05, 4.69) is 25.9 Å². The van der Waals surface area contributed by atoms with Crippen LogP contribution in [0.1, 0.15) is 18.7 Å². The second-order valence-corrected chi connectivity index (χ2v) is 10.4. The topological polar surface area (TPSA) is 86.4 Å². The van der Waals surface area contributed by atoms with Crippen LogP contribution in [0.15, 0.2) is 57.9 Å². The lowest BCUT2D eigenvalue weighted by Crippen LogP contribution is -2.45. The van der Waals surface area contributed by atoms with Crippen molar-refractivity contribution >= 4 is 42.9 Å². The Kier molecular flexibility index (Phi) is 5.95. The molecule has 0 aliphatic carbocycles. The molecule has 0 saturated carbocycles. The largest absolute Gasteiger partial charge is 0.340 e. The van der Waals surface area contributed by atoms with Gasteiger partial charge in [0.2, 0.25) is 15.9 Å². The fourth-order valence-corrected chi connectivity index (χ4v) is 5.60. The van der Waals surface area contributed by atoms with E-state index in [1.807, 2.05) is 24.3 Å². The van der Waals surface area contributed by atoms with Gasteiger partial charge in [-0.2, -0.15) is 4.31 Å². The van der Waals surface area contributed by atoms with E-state index < -0.39 is 10.0 Å². The highest BCUT2D eigenvalue weighted by atomic mass is 79.9. The first-order valence-electron chi connectivity index (χ1n) is 9.79. The van der Waals surface area contributed by atoms with Gasteiger partial charge in [0.05, 0.1) is 28.4 Å². The summed E-state index contributed by atoms with van der Waals surface area (Å²) in [6, 6.07) is 14.3. The molecule has 0 spiro atoms. The Morgan fingerprint density at radius 1 is 1.23 bits per heavy atom. The van der Waals surface area contributed by atoms with Gasteiger partial charge in [0, 0.05) is 24.6 Å². The number of rotatable bonds is 5. The van der Waals surface area contributed by atoms with E-state index in [0.717, 1.165) is 15.5 Å². The number of aromatic nitrogens is 2. The number of halogens is 1. The lowest BCUT2D eigenvalue weighted by molar-refractivity contribution is -0.136. The first kappa shape index (κ1) is 21.0. The van der Waals surface area contributed by atoms with Crippen LogP contribution in [-0.2, 0) is 21.4 Å². The number of para-hydroxylation sites is 2. The maximum Gasteiger partial charge on any atom is 0.243 e. The van der Waals surface area contributed by atoms with Crippen LogP contribution in [0.2, 0.25) is 0 Å². The molecule has 2 aromatic carbocycles. The van der Waals surface area contributed by atoms with Gasteiger partial charge in [0.25, 0.3) is 0 Å². The third-order valence-electron chi connectivity index (χ3n) is 5.39. The van der Waals surface area contributed by atoms with Crippen LogP contribution < -0.4 is 0 Å². The van der Waals surface area contributed by atoms with Crippen molar-refractivity contribution in [2.45, 2.75) is 24.3 Å². The maximum absolute atomic E-state index is 13.0. The van der Waals surface area contributed by atoms with E-state index in [9.17, 15) is 13.2 Å². The van der Waals surface area contributed by atoms with Gasteiger partial charge in [-0.15, -0.1) is 0 Å². The Bertz CT molecular complexity index is 1130. The Hall–Kier alpha value is -2.23. The molecule has 1 saturated heterocycles. The number of hydrogen-bond donors (Lipinski definition) is 1. The molecular formula is C21H23BrN4O3S. The van der Waals surface area contributed by atoms with Gasteiger partial charge in [-0.25, -0.2) is 13.4 Å². The van der Waals surface area contributed by atoms with E-state index in [-0.39, 0.29) is 23.3 Å². The highest BCUT2D eigenvalue weighted by molar-refractivity contribution is 9.10. The fourth-order valence-electron chi connectivity index (χ4n) is 3.81. The van der Waals surface area contributed by atoms with Crippen molar-refractivity contribution in [3.63, 3.8) is 0 Å². The van der Waals surface area contributed by atoms with Gasteiger partial charge in [0.1, 0.15) is 5.82 Å². The van der Waals surface area contributed by atoms with E-state index in [1.165, 1.54) is 4.31 Å². The molecule has 1 unspecified atom stereocenters. The molecule has 4 rings (SSSR count). The summed E-state index contributed by atoms with van der Waals surface area (Å²) in [7, 11) is -1.89. The van der Waals surface area contributed by atoms with Crippen LogP contribution in [0.4, 0.5) is 0 Å². The minimum absolute atomic E-state index is 0.0637. The van der Waals surface area contributed by atoms with Crippen LogP contribution in [0.5, 0.6) is 0 Å². The van der Waals surface area contributed by atoms with Crippen molar-refractivity contribution in [3.05, 3.63) is 58.8 Å². The average molecular weight is 491 g/mol. The summed E-state index contributed by atoms with van der Waals surface area (Å²) in [6.07, 6.45) is 1.33. The average Bonchev–Trinajstić information content (AvgIpc) is 3.16. The number of sulfonamides is 1. The molecule has 0 bridgehead atoms. The third kappa shape index (κ3) is 4.28. The van der Waals surface area contributed by atoms with Crippen LogP contribution in [0.3, 0.4) is 0 Å². The minimum atomic E-state index is -3.62. The fraction of sp³-hybridized carbons (Fsp3) is 0.333. The quantitative estimate of drug-likeness (QED) is 0.593. The summed E-state index contributed by atoms with van der Waals surface area (Å²) in [5.41, 5.74) is 1.79. The normalized spacial score (nSPS) is 17.9. The zero-order valence-corrected chi connectivity index (χ0v) is 19.0. The summed E-state index contributed by atoms with van der Waals surface area (Å²) < 4.78 is 28.2. The third-order valence-corrected chi connectivity index (χ3v) is 7.79. The number of amides is 1. The molecule has 0 radical (unpaired) electrons. The number of carbonyl (C=O) groups excluding carboxylic acids is 1. The highest BCUT2D eigenvalue weighted by Crippen LogP contribution is 2.26. The van der Waals surface area contributed by atoms with Gasteiger partial charge in [0.15, 0.2) is 0 Å². The van der Waals surface area contributed by atoms with E-state index in [4.69, 9.17) is 0 Å². The number of imidazole rings is 1. The molecule has 158 valence electrons. The molecule has 9 heteroatoms. The molecule has 3 aromatic rings. The summed E-state index contributed by atoms with van der Waals surface area (Å²) in [5, 5.41) is 0. The number of nitrogens with zero attached hydrogens (tertiary/aromatic N) is 3. The molecule has 1 fully saturated rings.